The van der Waals surface area contributed by atoms with Crippen LogP contribution in [-0.4, -0.2) is 12.1 Å². The molecule has 0 atom stereocenters. The SMILES string of the molecule is CC(=O)CC[C-]=O.[Rh+2]. The molecule has 0 saturated heterocycles. The molecule has 0 spiro atoms. The van der Waals surface area contributed by atoms with Crippen molar-refractivity contribution in [3.8, 4) is 0 Å². The van der Waals surface area contributed by atoms with Crippen molar-refractivity contribution < 1.29 is 29.1 Å². The molecule has 0 aromatic carbocycles. The summed E-state index contributed by atoms with van der Waals surface area (Å²) in [6, 6.07) is 0. The first kappa shape index (κ1) is 10.9. The summed E-state index contributed by atoms with van der Waals surface area (Å²) in [4.78, 5) is 19.5. The second-order valence-corrected chi connectivity index (χ2v) is 1.35. The molecule has 1 radical (unpaired) electrons. The van der Waals surface area contributed by atoms with E-state index >= 15 is 0 Å². The van der Waals surface area contributed by atoms with Gasteiger partial charge in [-0.25, -0.2) is 0 Å². The van der Waals surface area contributed by atoms with Crippen molar-refractivity contribution in [2.24, 2.45) is 0 Å². The zero-order valence-corrected chi connectivity index (χ0v) is 6.20. The van der Waals surface area contributed by atoms with Crippen molar-refractivity contribution in [3.05, 3.63) is 0 Å². The first-order valence-electron chi connectivity index (χ1n) is 2.12. The van der Waals surface area contributed by atoms with Crippen LogP contribution in [0.4, 0.5) is 0 Å². The average molecular weight is 202 g/mol. The van der Waals surface area contributed by atoms with Gasteiger partial charge >= 0.3 is 19.5 Å². The average Bonchev–Trinajstić information content (AvgIpc) is 1.61. The predicted molar refractivity (Wildman–Crippen MR) is 25.6 cm³/mol. The summed E-state index contributed by atoms with van der Waals surface area (Å²) in [6.45, 7) is 1.46. The van der Waals surface area contributed by atoms with E-state index in [1.54, 1.807) is 6.29 Å². The first-order chi connectivity index (χ1) is 3.27. The molecule has 0 rings (SSSR count). The maximum atomic E-state index is 10.0. The molecule has 0 unspecified atom stereocenters. The zero-order chi connectivity index (χ0) is 5.70. The molecule has 0 saturated carbocycles. The maximum absolute atomic E-state index is 10.0. The summed E-state index contributed by atoms with van der Waals surface area (Å²) in [5.74, 6) is 0.0448. The smallest absolute Gasteiger partial charge is 0.542 e. The van der Waals surface area contributed by atoms with Crippen LogP contribution in [-0.2, 0) is 29.1 Å². The van der Waals surface area contributed by atoms with Gasteiger partial charge in [-0.15, -0.1) is 6.42 Å². The molecule has 0 bridgehead atoms. The van der Waals surface area contributed by atoms with E-state index in [0.717, 1.165) is 0 Å². The predicted octanol–water partition coefficient (Wildman–Crippen LogP) is 0.463. The second-order valence-electron chi connectivity index (χ2n) is 1.35. The van der Waals surface area contributed by atoms with Crippen LogP contribution in [0.15, 0.2) is 0 Å². The molecule has 0 aliphatic carbocycles. The monoisotopic (exact) mass is 202 g/mol. The molecule has 0 amide bonds. The molecule has 0 aromatic rings. The molecule has 47 valence electrons. The van der Waals surface area contributed by atoms with Gasteiger partial charge in [0.05, 0.1) is 0 Å². The fourth-order valence-electron chi connectivity index (χ4n) is 0.227. The minimum absolute atomic E-state index is 0. The van der Waals surface area contributed by atoms with E-state index < -0.39 is 0 Å². The third-order valence-corrected chi connectivity index (χ3v) is 0.579. The Morgan fingerprint density at radius 3 is 2.25 bits per heavy atom. The summed E-state index contributed by atoms with van der Waals surface area (Å²) >= 11 is 0. The Hall–Kier alpha value is -0.0366. The Morgan fingerprint density at radius 1 is 1.62 bits per heavy atom. The van der Waals surface area contributed by atoms with Gasteiger partial charge in [-0.3, -0.25) is 6.29 Å². The Labute approximate surface area is 61.4 Å². The number of carbonyl (C=O) groups excluding carboxylic acids is 2. The van der Waals surface area contributed by atoms with Crippen molar-refractivity contribution in [2.45, 2.75) is 19.8 Å². The Balaban J connectivity index is 0. The van der Waals surface area contributed by atoms with Crippen LogP contribution >= 0.6 is 0 Å². The van der Waals surface area contributed by atoms with Gasteiger partial charge in [0.25, 0.3) is 0 Å². The van der Waals surface area contributed by atoms with Crippen molar-refractivity contribution >= 4 is 12.1 Å². The van der Waals surface area contributed by atoms with E-state index in [2.05, 4.69) is 0 Å². The molecule has 0 N–H and O–H groups in total. The normalized spacial score (nSPS) is 7.12. The van der Waals surface area contributed by atoms with Gasteiger partial charge < -0.3 is 9.59 Å². The number of hydrogen-bond donors (Lipinski definition) is 0. The summed E-state index contributed by atoms with van der Waals surface area (Å²) in [6.07, 6.45) is 2.21. The van der Waals surface area contributed by atoms with Gasteiger partial charge in [0.2, 0.25) is 0 Å². The summed E-state index contributed by atoms with van der Waals surface area (Å²) in [7, 11) is 0. The fourth-order valence-corrected chi connectivity index (χ4v) is 0.227. The van der Waals surface area contributed by atoms with Crippen LogP contribution in [0.25, 0.3) is 0 Å². The van der Waals surface area contributed by atoms with Gasteiger partial charge in [0.1, 0.15) is 5.78 Å². The van der Waals surface area contributed by atoms with E-state index in [4.69, 9.17) is 0 Å². The first-order valence-corrected chi connectivity index (χ1v) is 2.12. The summed E-state index contributed by atoms with van der Waals surface area (Å²) in [5.41, 5.74) is 0. The molecule has 0 aliphatic heterocycles. The third-order valence-electron chi connectivity index (χ3n) is 0.579. The number of ketones is 1. The number of rotatable bonds is 3. The van der Waals surface area contributed by atoms with Gasteiger partial charge in [-0.1, -0.05) is 0 Å². The minimum atomic E-state index is 0. The molecule has 8 heavy (non-hydrogen) atoms. The maximum Gasteiger partial charge on any atom is 2.00 e. The molecular formula is C5H7O2Rh+. The number of carbonyl (C=O) groups is 1. The molecular weight excluding hydrogens is 195 g/mol. The molecule has 0 aliphatic rings. The van der Waals surface area contributed by atoms with E-state index in [0.29, 0.717) is 6.42 Å². The van der Waals surface area contributed by atoms with E-state index in [1.165, 1.54) is 6.92 Å². The molecule has 0 fully saturated rings. The van der Waals surface area contributed by atoms with Crippen LogP contribution in [0.5, 0.6) is 0 Å². The largest absolute Gasteiger partial charge is 2.00 e. The van der Waals surface area contributed by atoms with E-state index in [-0.39, 0.29) is 31.7 Å². The van der Waals surface area contributed by atoms with Gasteiger partial charge in [-0.2, -0.15) is 0 Å². The number of hydrogen-bond acceptors (Lipinski definition) is 2. The van der Waals surface area contributed by atoms with Crippen molar-refractivity contribution in [1.82, 2.24) is 0 Å². The quantitative estimate of drug-likeness (QED) is 0.492. The van der Waals surface area contributed by atoms with Crippen LogP contribution in [0, 0.1) is 0 Å². The summed E-state index contributed by atoms with van der Waals surface area (Å²) < 4.78 is 0. The molecule has 3 heteroatoms. The zero-order valence-electron chi connectivity index (χ0n) is 4.56. The van der Waals surface area contributed by atoms with Crippen molar-refractivity contribution in [2.75, 3.05) is 0 Å². The van der Waals surface area contributed by atoms with Gasteiger partial charge in [0.15, 0.2) is 0 Å². The van der Waals surface area contributed by atoms with Crippen LogP contribution in [0.2, 0.25) is 0 Å². The Morgan fingerprint density at radius 2 is 2.12 bits per heavy atom. The van der Waals surface area contributed by atoms with Crippen LogP contribution in [0.1, 0.15) is 19.8 Å². The second kappa shape index (κ2) is 6.96. The molecule has 2 nitrogen and oxygen atoms in total. The van der Waals surface area contributed by atoms with E-state index in [9.17, 15) is 9.59 Å². The molecule has 0 heterocycles. The van der Waals surface area contributed by atoms with E-state index in [1.807, 2.05) is 0 Å². The van der Waals surface area contributed by atoms with Gasteiger partial charge in [0, 0.05) is 0 Å². The Bertz CT molecular complexity index is 80.5. The minimum Gasteiger partial charge on any atom is -0.542 e. The Kier molecular flexibility index (Phi) is 9.45. The standard InChI is InChI=1S/C5H7O2.Rh/c1-5(7)3-2-4-6;/h2-3H2,1H3;/q-1;+2. The fraction of sp³-hybridized carbons (Fsp3) is 0.600. The third kappa shape index (κ3) is 9.35. The van der Waals surface area contributed by atoms with Crippen LogP contribution < -0.4 is 0 Å². The van der Waals surface area contributed by atoms with Gasteiger partial charge in [-0.05, 0) is 13.3 Å². The van der Waals surface area contributed by atoms with Crippen LogP contribution in [0.3, 0.4) is 0 Å². The number of Topliss-reactive ketones (excluding diaryl/α,β-unsaturated/α-hetero) is 1. The molecule has 0 aromatic heterocycles. The topological polar surface area (TPSA) is 34.1 Å². The summed E-state index contributed by atoms with van der Waals surface area (Å²) in [5, 5.41) is 0. The van der Waals surface area contributed by atoms with Crippen molar-refractivity contribution in [1.29, 1.82) is 0 Å². The van der Waals surface area contributed by atoms with Crippen molar-refractivity contribution in [3.63, 3.8) is 0 Å².